The summed E-state index contributed by atoms with van der Waals surface area (Å²) in [7, 11) is 0. The smallest absolute Gasteiger partial charge is 0.337 e. The Kier molecular flexibility index (Phi) is 3.93. The highest BCUT2D eigenvalue weighted by Crippen LogP contribution is 2.30. The van der Waals surface area contributed by atoms with Gasteiger partial charge in [-0.05, 0) is 36.8 Å². The van der Waals surface area contributed by atoms with Crippen molar-refractivity contribution in [3.8, 4) is 11.6 Å². The lowest BCUT2D eigenvalue weighted by atomic mass is 10.2. The van der Waals surface area contributed by atoms with Crippen LogP contribution in [0.1, 0.15) is 15.9 Å². The predicted octanol–water partition coefficient (Wildman–Crippen LogP) is 4.19. The molecule has 1 aromatic carbocycles. The van der Waals surface area contributed by atoms with E-state index in [1.54, 1.807) is 18.2 Å². The highest BCUT2D eigenvalue weighted by atomic mass is 35.5. The Bertz CT molecular complexity index is 644. The number of aromatic carboxylic acids is 1. The SMILES string of the molecule is Cc1cc(Cl)ccc1Oc1ncc(C(=O)O)cc1Cl. The molecular weight excluding hydrogens is 289 g/mol. The number of carboxylic acids is 1. The summed E-state index contributed by atoms with van der Waals surface area (Å²) in [5.74, 6) is -0.386. The first kappa shape index (κ1) is 13.6. The molecule has 0 saturated carbocycles. The van der Waals surface area contributed by atoms with E-state index in [1.165, 1.54) is 12.3 Å². The molecule has 0 aliphatic rings. The van der Waals surface area contributed by atoms with Crippen molar-refractivity contribution in [2.75, 3.05) is 0 Å². The molecule has 2 aromatic rings. The van der Waals surface area contributed by atoms with E-state index >= 15 is 0 Å². The van der Waals surface area contributed by atoms with Gasteiger partial charge in [0.1, 0.15) is 10.8 Å². The minimum Gasteiger partial charge on any atom is -0.478 e. The lowest BCUT2D eigenvalue weighted by Gasteiger charge is -2.09. The molecule has 0 aliphatic carbocycles. The number of hydrogen-bond donors (Lipinski definition) is 1. The Morgan fingerprint density at radius 1 is 1.32 bits per heavy atom. The van der Waals surface area contributed by atoms with Gasteiger partial charge in [-0.2, -0.15) is 0 Å². The van der Waals surface area contributed by atoms with Crippen LogP contribution in [-0.4, -0.2) is 16.1 Å². The number of aromatic nitrogens is 1. The van der Waals surface area contributed by atoms with Crippen LogP contribution >= 0.6 is 23.2 Å². The van der Waals surface area contributed by atoms with Crippen LogP contribution in [0, 0.1) is 6.92 Å². The lowest BCUT2D eigenvalue weighted by Crippen LogP contribution is -1.99. The van der Waals surface area contributed by atoms with Gasteiger partial charge in [0.15, 0.2) is 0 Å². The Morgan fingerprint density at radius 3 is 2.63 bits per heavy atom. The van der Waals surface area contributed by atoms with Crippen LogP contribution in [0.2, 0.25) is 10.0 Å². The summed E-state index contributed by atoms with van der Waals surface area (Å²) in [6.07, 6.45) is 1.19. The topological polar surface area (TPSA) is 59.4 Å². The minimum atomic E-state index is -1.09. The summed E-state index contributed by atoms with van der Waals surface area (Å²) in [4.78, 5) is 14.7. The van der Waals surface area contributed by atoms with Gasteiger partial charge in [0.05, 0.1) is 5.56 Å². The van der Waals surface area contributed by atoms with Crippen LogP contribution in [0.3, 0.4) is 0 Å². The Morgan fingerprint density at radius 2 is 2.05 bits per heavy atom. The number of rotatable bonds is 3. The van der Waals surface area contributed by atoms with Crippen LogP contribution in [-0.2, 0) is 0 Å². The van der Waals surface area contributed by atoms with E-state index in [0.717, 1.165) is 5.56 Å². The zero-order valence-electron chi connectivity index (χ0n) is 9.85. The second-order valence-corrected chi connectivity index (χ2v) is 4.67. The standard InChI is InChI=1S/C13H9Cl2NO3/c1-7-4-9(14)2-3-11(7)19-12-10(15)5-8(6-16-12)13(17)18/h2-6H,1H3,(H,17,18). The maximum atomic E-state index is 10.8. The van der Waals surface area contributed by atoms with Crippen molar-refractivity contribution >= 4 is 29.2 Å². The molecule has 0 amide bonds. The van der Waals surface area contributed by atoms with Crippen molar-refractivity contribution in [3.05, 3.63) is 51.6 Å². The van der Waals surface area contributed by atoms with E-state index in [9.17, 15) is 4.79 Å². The quantitative estimate of drug-likeness (QED) is 0.923. The van der Waals surface area contributed by atoms with Gasteiger partial charge < -0.3 is 9.84 Å². The van der Waals surface area contributed by atoms with Gasteiger partial charge in [0, 0.05) is 11.2 Å². The van der Waals surface area contributed by atoms with Crippen LogP contribution in [0.4, 0.5) is 0 Å². The molecule has 98 valence electrons. The molecule has 6 heteroatoms. The minimum absolute atomic E-state index is 0.00479. The highest BCUT2D eigenvalue weighted by molar-refractivity contribution is 6.32. The second-order valence-electron chi connectivity index (χ2n) is 3.83. The average Bonchev–Trinajstić information content (AvgIpc) is 2.34. The molecule has 1 aromatic heterocycles. The summed E-state index contributed by atoms with van der Waals surface area (Å²) in [5, 5.41) is 9.55. The second kappa shape index (κ2) is 5.47. The maximum Gasteiger partial charge on any atom is 0.337 e. The van der Waals surface area contributed by atoms with Crippen LogP contribution in [0.5, 0.6) is 11.6 Å². The maximum absolute atomic E-state index is 10.8. The zero-order chi connectivity index (χ0) is 14.0. The summed E-state index contributed by atoms with van der Waals surface area (Å²) >= 11 is 11.8. The molecule has 0 fully saturated rings. The average molecular weight is 298 g/mol. The van der Waals surface area contributed by atoms with Gasteiger partial charge in [-0.3, -0.25) is 0 Å². The Balaban J connectivity index is 2.31. The number of aryl methyl sites for hydroxylation is 1. The van der Waals surface area contributed by atoms with Crippen molar-refractivity contribution in [3.63, 3.8) is 0 Å². The number of carboxylic acid groups (broad SMARTS) is 1. The number of carbonyl (C=O) groups is 1. The van der Waals surface area contributed by atoms with Crippen molar-refractivity contribution in [2.24, 2.45) is 0 Å². The highest BCUT2D eigenvalue weighted by Gasteiger charge is 2.11. The van der Waals surface area contributed by atoms with Gasteiger partial charge in [-0.15, -0.1) is 0 Å². The number of pyridine rings is 1. The molecule has 0 radical (unpaired) electrons. The lowest BCUT2D eigenvalue weighted by molar-refractivity contribution is 0.0696. The fourth-order valence-electron chi connectivity index (χ4n) is 1.45. The van der Waals surface area contributed by atoms with Gasteiger partial charge in [-0.25, -0.2) is 9.78 Å². The number of halogens is 2. The van der Waals surface area contributed by atoms with Gasteiger partial charge in [-0.1, -0.05) is 23.2 Å². The first-order valence-corrected chi connectivity index (χ1v) is 6.06. The predicted molar refractivity (Wildman–Crippen MR) is 72.5 cm³/mol. The molecule has 0 spiro atoms. The van der Waals surface area contributed by atoms with E-state index in [1.807, 2.05) is 6.92 Å². The van der Waals surface area contributed by atoms with E-state index in [4.69, 9.17) is 33.0 Å². The summed E-state index contributed by atoms with van der Waals surface area (Å²) in [5.41, 5.74) is 0.831. The molecule has 1 N–H and O–H groups in total. The molecule has 0 atom stereocenters. The number of ether oxygens (including phenoxy) is 1. The molecular formula is C13H9Cl2NO3. The fourth-order valence-corrected chi connectivity index (χ4v) is 1.88. The van der Waals surface area contributed by atoms with E-state index in [0.29, 0.717) is 10.8 Å². The summed E-state index contributed by atoms with van der Waals surface area (Å²) in [6.45, 7) is 1.83. The molecule has 0 aliphatic heterocycles. The van der Waals surface area contributed by atoms with Crippen LogP contribution < -0.4 is 4.74 Å². The third-order valence-electron chi connectivity index (χ3n) is 2.40. The fraction of sp³-hybridized carbons (Fsp3) is 0.0769. The van der Waals surface area contributed by atoms with Gasteiger partial charge in [0.2, 0.25) is 5.88 Å². The van der Waals surface area contributed by atoms with Crippen molar-refractivity contribution in [1.29, 1.82) is 0 Å². The third kappa shape index (κ3) is 3.16. The van der Waals surface area contributed by atoms with Crippen LogP contribution in [0.15, 0.2) is 30.5 Å². The molecule has 0 unspecified atom stereocenters. The molecule has 19 heavy (non-hydrogen) atoms. The van der Waals surface area contributed by atoms with E-state index in [2.05, 4.69) is 4.98 Å². The van der Waals surface area contributed by atoms with Gasteiger partial charge >= 0.3 is 5.97 Å². The number of nitrogens with zero attached hydrogens (tertiary/aromatic N) is 1. The van der Waals surface area contributed by atoms with Gasteiger partial charge in [0.25, 0.3) is 0 Å². The Labute approximate surface area is 119 Å². The van der Waals surface area contributed by atoms with E-state index in [-0.39, 0.29) is 16.5 Å². The number of hydrogen-bond acceptors (Lipinski definition) is 3. The monoisotopic (exact) mass is 297 g/mol. The summed E-state index contributed by atoms with van der Waals surface area (Å²) in [6, 6.07) is 6.41. The van der Waals surface area contributed by atoms with E-state index < -0.39 is 5.97 Å². The molecule has 0 saturated heterocycles. The first-order chi connectivity index (χ1) is 8.97. The molecule has 1 heterocycles. The number of benzene rings is 1. The third-order valence-corrected chi connectivity index (χ3v) is 2.90. The summed E-state index contributed by atoms with van der Waals surface area (Å²) < 4.78 is 5.54. The van der Waals surface area contributed by atoms with Crippen molar-refractivity contribution in [2.45, 2.75) is 6.92 Å². The van der Waals surface area contributed by atoms with Crippen molar-refractivity contribution < 1.29 is 14.6 Å². The van der Waals surface area contributed by atoms with Crippen molar-refractivity contribution in [1.82, 2.24) is 4.98 Å². The largest absolute Gasteiger partial charge is 0.478 e. The first-order valence-electron chi connectivity index (χ1n) is 5.30. The zero-order valence-corrected chi connectivity index (χ0v) is 11.4. The molecule has 4 nitrogen and oxygen atoms in total. The Hall–Kier alpha value is -1.78. The normalized spacial score (nSPS) is 10.3. The van der Waals surface area contributed by atoms with Crippen LogP contribution in [0.25, 0.3) is 0 Å². The molecule has 2 rings (SSSR count). The molecule has 0 bridgehead atoms.